The zero-order valence-electron chi connectivity index (χ0n) is 10.8. The van der Waals surface area contributed by atoms with Crippen molar-refractivity contribution in [2.24, 2.45) is 0 Å². The Kier molecular flexibility index (Phi) is 4.17. The predicted octanol–water partition coefficient (Wildman–Crippen LogP) is 2.37. The number of non-ortho nitro benzene ring substituents is 1. The van der Waals surface area contributed by atoms with Crippen LogP contribution in [0.1, 0.15) is 43.6 Å². The van der Waals surface area contributed by atoms with Crippen LogP contribution in [0.3, 0.4) is 0 Å². The van der Waals surface area contributed by atoms with E-state index in [4.69, 9.17) is 5.11 Å². The normalized spacial score (nSPS) is 27.2. The van der Waals surface area contributed by atoms with Crippen molar-refractivity contribution >= 4 is 5.69 Å². The zero-order valence-corrected chi connectivity index (χ0v) is 10.8. The third-order valence-corrected chi connectivity index (χ3v) is 4.07. The fourth-order valence-electron chi connectivity index (χ4n) is 2.81. The minimum atomic E-state index is -0.730. The maximum Gasteiger partial charge on any atom is 0.269 e. The summed E-state index contributed by atoms with van der Waals surface area (Å²) in [6.45, 7) is 0.0126. The Morgan fingerprint density at radius 2 is 1.84 bits per heavy atom. The average Bonchev–Trinajstić information content (AvgIpc) is 2.40. The summed E-state index contributed by atoms with van der Waals surface area (Å²) in [7, 11) is 0. The van der Waals surface area contributed by atoms with Gasteiger partial charge in [0.15, 0.2) is 0 Å². The summed E-state index contributed by atoms with van der Waals surface area (Å²) in [6.07, 6.45) is 3.49. The van der Waals surface area contributed by atoms with Gasteiger partial charge < -0.3 is 10.2 Å². The molecule has 0 atom stereocenters. The van der Waals surface area contributed by atoms with Crippen molar-refractivity contribution in [3.63, 3.8) is 0 Å². The van der Waals surface area contributed by atoms with E-state index in [0.717, 1.165) is 18.4 Å². The molecule has 104 valence electrons. The number of benzene rings is 1. The highest BCUT2D eigenvalue weighted by Crippen LogP contribution is 2.39. The largest absolute Gasteiger partial charge is 0.396 e. The molecule has 0 unspecified atom stereocenters. The van der Waals surface area contributed by atoms with Gasteiger partial charge in [0, 0.05) is 18.7 Å². The van der Waals surface area contributed by atoms with E-state index in [1.54, 1.807) is 12.1 Å². The Balaban J connectivity index is 1.99. The van der Waals surface area contributed by atoms with Gasteiger partial charge >= 0.3 is 0 Å². The third kappa shape index (κ3) is 3.30. The summed E-state index contributed by atoms with van der Waals surface area (Å²) in [5.74, 6) is 0.347. The fraction of sp³-hybridized carbons (Fsp3) is 0.571. The third-order valence-electron chi connectivity index (χ3n) is 4.07. The van der Waals surface area contributed by atoms with E-state index >= 15 is 0 Å². The van der Waals surface area contributed by atoms with Crippen molar-refractivity contribution in [2.75, 3.05) is 6.61 Å². The Labute approximate surface area is 112 Å². The molecule has 19 heavy (non-hydrogen) atoms. The molecule has 5 heteroatoms. The standard InChI is InChI=1S/C14H19NO4/c16-10-9-14(17)7-5-12(6-8-14)11-1-3-13(4-2-11)15(18)19/h1-4,12,16-17H,5-10H2. The smallest absolute Gasteiger partial charge is 0.269 e. The highest BCUT2D eigenvalue weighted by Gasteiger charge is 2.33. The molecular formula is C14H19NO4. The van der Waals surface area contributed by atoms with Gasteiger partial charge in [-0.05, 0) is 43.6 Å². The number of aliphatic hydroxyl groups is 2. The van der Waals surface area contributed by atoms with Gasteiger partial charge in [0.1, 0.15) is 0 Å². The fourth-order valence-corrected chi connectivity index (χ4v) is 2.81. The Morgan fingerprint density at radius 3 is 2.32 bits per heavy atom. The van der Waals surface area contributed by atoms with Crippen LogP contribution in [-0.4, -0.2) is 27.3 Å². The summed E-state index contributed by atoms with van der Waals surface area (Å²) in [4.78, 5) is 10.2. The molecule has 0 bridgehead atoms. The number of nitro benzene ring substituents is 1. The SMILES string of the molecule is O=[N+]([O-])c1ccc(C2CCC(O)(CCO)CC2)cc1. The summed E-state index contributed by atoms with van der Waals surface area (Å²) in [6, 6.07) is 6.67. The van der Waals surface area contributed by atoms with Gasteiger partial charge in [0.05, 0.1) is 10.5 Å². The van der Waals surface area contributed by atoms with Crippen LogP contribution in [0, 0.1) is 10.1 Å². The molecule has 0 amide bonds. The second kappa shape index (κ2) is 5.67. The quantitative estimate of drug-likeness (QED) is 0.646. The first kappa shape index (κ1) is 14.0. The van der Waals surface area contributed by atoms with Crippen LogP contribution >= 0.6 is 0 Å². The van der Waals surface area contributed by atoms with Crippen molar-refractivity contribution in [2.45, 2.75) is 43.6 Å². The van der Waals surface area contributed by atoms with Gasteiger partial charge in [0.2, 0.25) is 0 Å². The van der Waals surface area contributed by atoms with Crippen LogP contribution < -0.4 is 0 Å². The zero-order chi connectivity index (χ0) is 13.9. The van der Waals surface area contributed by atoms with E-state index in [-0.39, 0.29) is 12.3 Å². The minimum Gasteiger partial charge on any atom is -0.396 e. The number of aliphatic hydroxyl groups excluding tert-OH is 1. The number of hydrogen-bond donors (Lipinski definition) is 2. The van der Waals surface area contributed by atoms with E-state index in [1.807, 2.05) is 0 Å². The molecule has 1 aliphatic carbocycles. The lowest BCUT2D eigenvalue weighted by Gasteiger charge is -2.35. The molecule has 0 radical (unpaired) electrons. The molecule has 1 aromatic carbocycles. The molecule has 1 aliphatic rings. The van der Waals surface area contributed by atoms with Crippen LogP contribution in [0.25, 0.3) is 0 Å². The number of hydrogen-bond acceptors (Lipinski definition) is 4. The molecule has 2 rings (SSSR count). The van der Waals surface area contributed by atoms with Crippen LogP contribution in [0.5, 0.6) is 0 Å². The van der Waals surface area contributed by atoms with Crippen LogP contribution in [-0.2, 0) is 0 Å². The molecule has 0 spiro atoms. The second-order valence-electron chi connectivity index (χ2n) is 5.32. The first-order chi connectivity index (χ1) is 9.04. The van der Waals surface area contributed by atoms with Gasteiger partial charge in [-0.25, -0.2) is 0 Å². The Hall–Kier alpha value is -1.46. The number of nitro groups is 1. The number of nitrogens with zero attached hydrogens (tertiary/aromatic N) is 1. The van der Waals surface area contributed by atoms with E-state index in [9.17, 15) is 15.2 Å². The van der Waals surface area contributed by atoms with Crippen molar-refractivity contribution in [1.29, 1.82) is 0 Å². The van der Waals surface area contributed by atoms with Crippen molar-refractivity contribution in [1.82, 2.24) is 0 Å². The van der Waals surface area contributed by atoms with E-state index in [2.05, 4.69) is 0 Å². The van der Waals surface area contributed by atoms with Crippen LogP contribution in [0.15, 0.2) is 24.3 Å². The summed E-state index contributed by atoms with van der Waals surface area (Å²) in [5.41, 5.74) is 0.472. The average molecular weight is 265 g/mol. The second-order valence-corrected chi connectivity index (χ2v) is 5.32. The maximum atomic E-state index is 10.6. The van der Waals surface area contributed by atoms with Gasteiger partial charge in [-0.1, -0.05) is 12.1 Å². The minimum absolute atomic E-state index is 0.0126. The van der Waals surface area contributed by atoms with Crippen LogP contribution in [0.4, 0.5) is 5.69 Å². The van der Waals surface area contributed by atoms with Crippen molar-refractivity contribution < 1.29 is 15.1 Å². The highest BCUT2D eigenvalue weighted by molar-refractivity contribution is 5.34. The lowest BCUT2D eigenvalue weighted by atomic mass is 9.75. The van der Waals surface area contributed by atoms with Gasteiger partial charge in [0.25, 0.3) is 5.69 Å². The molecule has 0 aromatic heterocycles. The molecule has 2 N–H and O–H groups in total. The van der Waals surface area contributed by atoms with Gasteiger partial charge in [-0.3, -0.25) is 10.1 Å². The first-order valence-electron chi connectivity index (χ1n) is 6.62. The van der Waals surface area contributed by atoms with Gasteiger partial charge in [-0.2, -0.15) is 0 Å². The molecule has 0 saturated heterocycles. The molecule has 5 nitrogen and oxygen atoms in total. The molecule has 0 aliphatic heterocycles. The molecule has 1 fully saturated rings. The first-order valence-corrected chi connectivity index (χ1v) is 6.62. The Morgan fingerprint density at radius 1 is 1.26 bits per heavy atom. The lowest BCUT2D eigenvalue weighted by molar-refractivity contribution is -0.384. The van der Waals surface area contributed by atoms with E-state index < -0.39 is 10.5 Å². The topological polar surface area (TPSA) is 83.6 Å². The highest BCUT2D eigenvalue weighted by atomic mass is 16.6. The maximum absolute atomic E-state index is 10.6. The molecule has 1 saturated carbocycles. The predicted molar refractivity (Wildman–Crippen MR) is 71.0 cm³/mol. The summed E-state index contributed by atoms with van der Waals surface area (Å²) < 4.78 is 0. The van der Waals surface area contributed by atoms with Crippen molar-refractivity contribution in [3.05, 3.63) is 39.9 Å². The molecule has 1 aromatic rings. The number of rotatable bonds is 4. The van der Waals surface area contributed by atoms with E-state index in [0.29, 0.717) is 25.2 Å². The van der Waals surface area contributed by atoms with Gasteiger partial charge in [-0.15, -0.1) is 0 Å². The monoisotopic (exact) mass is 265 g/mol. The lowest BCUT2D eigenvalue weighted by Crippen LogP contribution is -2.34. The molecule has 0 heterocycles. The van der Waals surface area contributed by atoms with Crippen molar-refractivity contribution in [3.8, 4) is 0 Å². The summed E-state index contributed by atoms with van der Waals surface area (Å²) >= 11 is 0. The van der Waals surface area contributed by atoms with Crippen LogP contribution in [0.2, 0.25) is 0 Å². The molecular weight excluding hydrogens is 246 g/mol. The van der Waals surface area contributed by atoms with E-state index in [1.165, 1.54) is 12.1 Å². The summed E-state index contributed by atoms with van der Waals surface area (Å²) in [5, 5.41) is 29.7. The Bertz CT molecular complexity index is 435.